The van der Waals surface area contributed by atoms with Crippen molar-refractivity contribution in [2.75, 3.05) is 27.2 Å². The molecule has 0 unspecified atom stereocenters. The number of halogens is 1. The first-order valence-corrected chi connectivity index (χ1v) is 12.2. The maximum atomic E-state index is 5.49. The van der Waals surface area contributed by atoms with Crippen LogP contribution in [0.3, 0.4) is 0 Å². The third-order valence-electron chi connectivity index (χ3n) is 6.95. The number of furan rings is 1. The van der Waals surface area contributed by atoms with Gasteiger partial charge in [-0.1, -0.05) is 37.1 Å². The van der Waals surface area contributed by atoms with Gasteiger partial charge in [0.05, 0.1) is 12.8 Å². The average Bonchev–Trinajstić information content (AvgIpc) is 3.52. The molecule has 2 N–H and O–H groups in total. The second-order valence-electron chi connectivity index (χ2n) is 9.34. The molecular weight excluding hydrogens is 525 g/mol. The summed E-state index contributed by atoms with van der Waals surface area (Å²) >= 11 is 0. The fourth-order valence-corrected chi connectivity index (χ4v) is 5.14. The fraction of sp³-hybridized carbons (Fsp3) is 0.577. The smallest absolute Gasteiger partial charge is 0.191 e. The molecule has 1 saturated heterocycles. The lowest BCUT2D eigenvalue weighted by atomic mass is 10.0. The highest BCUT2D eigenvalue weighted by atomic mass is 127. The van der Waals surface area contributed by atoms with Gasteiger partial charge in [-0.05, 0) is 56.0 Å². The molecule has 0 amide bonds. The van der Waals surface area contributed by atoms with Crippen molar-refractivity contribution in [2.45, 2.75) is 70.2 Å². The van der Waals surface area contributed by atoms with Crippen molar-refractivity contribution >= 4 is 29.9 Å². The van der Waals surface area contributed by atoms with Crippen molar-refractivity contribution in [1.82, 2.24) is 20.4 Å². The van der Waals surface area contributed by atoms with Crippen LogP contribution in [-0.4, -0.2) is 55.0 Å². The van der Waals surface area contributed by atoms with E-state index in [1.54, 1.807) is 6.26 Å². The first kappa shape index (κ1) is 26.0. The molecule has 1 aliphatic heterocycles. The number of aliphatic imine (C=N–C) groups is 1. The van der Waals surface area contributed by atoms with E-state index in [-0.39, 0.29) is 24.0 Å². The van der Waals surface area contributed by atoms with Crippen molar-refractivity contribution in [3.63, 3.8) is 0 Å². The summed E-state index contributed by atoms with van der Waals surface area (Å²) in [7, 11) is 4.00. The predicted octanol–water partition coefficient (Wildman–Crippen LogP) is 4.60. The predicted molar refractivity (Wildman–Crippen MR) is 146 cm³/mol. The largest absolute Gasteiger partial charge is 0.468 e. The Kier molecular flexibility index (Phi) is 10.5. The highest BCUT2D eigenvalue weighted by Gasteiger charge is 2.27. The van der Waals surface area contributed by atoms with Gasteiger partial charge in [-0.15, -0.1) is 24.0 Å². The summed E-state index contributed by atoms with van der Waals surface area (Å²) in [6.45, 7) is 4.88. The minimum absolute atomic E-state index is 0. The van der Waals surface area contributed by atoms with E-state index in [2.05, 4.69) is 56.7 Å². The van der Waals surface area contributed by atoms with Gasteiger partial charge in [-0.3, -0.25) is 9.89 Å². The lowest BCUT2D eigenvalue weighted by molar-refractivity contribution is 0.150. The van der Waals surface area contributed by atoms with Crippen molar-refractivity contribution < 1.29 is 4.42 Å². The molecule has 1 aromatic carbocycles. The van der Waals surface area contributed by atoms with E-state index >= 15 is 0 Å². The third kappa shape index (κ3) is 7.72. The number of nitrogens with zero attached hydrogens (tertiary/aromatic N) is 3. The molecule has 0 spiro atoms. The molecule has 0 radical (unpaired) electrons. The Morgan fingerprint density at radius 3 is 2.42 bits per heavy atom. The standard InChI is InChI=1S/C26H39N5O.HI/c1-27-26(29-23-13-15-31(16-14-23)24-10-5-6-11-24)28-18-21-8-3-4-9-22(21)19-30(2)20-25-12-7-17-32-25;/h3-4,7-9,12,17,23-24H,5-6,10-11,13-16,18-20H2,1-2H3,(H2,27,28,29);1H. The number of nitrogens with one attached hydrogen (secondary N) is 2. The second-order valence-corrected chi connectivity index (χ2v) is 9.34. The molecule has 182 valence electrons. The topological polar surface area (TPSA) is 56.0 Å². The maximum absolute atomic E-state index is 5.49. The zero-order chi connectivity index (χ0) is 22.2. The fourth-order valence-electron chi connectivity index (χ4n) is 5.14. The van der Waals surface area contributed by atoms with Gasteiger partial charge in [0.1, 0.15) is 5.76 Å². The molecule has 4 rings (SSSR count). The molecule has 7 heteroatoms. The normalized spacial score (nSPS) is 18.5. The van der Waals surface area contributed by atoms with Gasteiger partial charge in [-0.25, -0.2) is 0 Å². The van der Waals surface area contributed by atoms with Gasteiger partial charge in [0.25, 0.3) is 0 Å². The molecule has 2 aromatic rings. The van der Waals surface area contributed by atoms with E-state index in [9.17, 15) is 0 Å². The van der Waals surface area contributed by atoms with E-state index in [1.807, 2.05) is 19.2 Å². The number of hydrogen-bond donors (Lipinski definition) is 2. The molecule has 2 heterocycles. The van der Waals surface area contributed by atoms with Gasteiger partial charge in [0.2, 0.25) is 0 Å². The van der Waals surface area contributed by atoms with Crippen LogP contribution in [0, 0.1) is 0 Å². The first-order chi connectivity index (χ1) is 15.7. The summed E-state index contributed by atoms with van der Waals surface area (Å²) < 4.78 is 5.49. The number of hydrogen-bond acceptors (Lipinski definition) is 4. The number of rotatable bonds is 8. The van der Waals surface area contributed by atoms with Crippen molar-refractivity contribution in [3.05, 3.63) is 59.5 Å². The van der Waals surface area contributed by atoms with Gasteiger partial charge in [-0.2, -0.15) is 0 Å². The molecule has 0 bridgehead atoms. The average molecular weight is 566 g/mol. The third-order valence-corrected chi connectivity index (χ3v) is 6.95. The minimum Gasteiger partial charge on any atom is -0.468 e. The molecule has 1 aromatic heterocycles. The molecule has 33 heavy (non-hydrogen) atoms. The summed E-state index contributed by atoms with van der Waals surface area (Å²) in [6, 6.07) is 14.0. The summed E-state index contributed by atoms with van der Waals surface area (Å²) in [5.74, 6) is 1.90. The first-order valence-electron chi connectivity index (χ1n) is 12.2. The van der Waals surface area contributed by atoms with Crippen LogP contribution in [0.25, 0.3) is 0 Å². The molecule has 6 nitrogen and oxygen atoms in total. The zero-order valence-electron chi connectivity index (χ0n) is 20.1. The second kappa shape index (κ2) is 13.3. The Morgan fingerprint density at radius 1 is 1.03 bits per heavy atom. The minimum atomic E-state index is 0. The molecule has 2 aliphatic rings. The van der Waals surface area contributed by atoms with Crippen LogP contribution in [0.5, 0.6) is 0 Å². The van der Waals surface area contributed by atoms with Crippen LogP contribution in [0.4, 0.5) is 0 Å². The highest BCUT2D eigenvalue weighted by Crippen LogP contribution is 2.26. The monoisotopic (exact) mass is 565 g/mol. The van der Waals surface area contributed by atoms with Crippen LogP contribution in [0.15, 0.2) is 52.1 Å². The van der Waals surface area contributed by atoms with Gasteiger partial charge in [0.15, 0.2) is 5.96 Å². The Morgan fingerprint density at radius 2 is 1.76 bits per heavy atom. The molecule has 0 atom stereocenters. The summed E-state index contributed by atoms with van der Waals surface area (Å²) in [5.41, 5.74) is 2.63. The van der Waals surface area contributed by atoms with Crippen molar-refractivity contribution in [1.29, 1.82) is 0 Å². The van der Waals surface area contributed by atoms with Gasteiger partial charge < -0.3 is 20.0 Å². The lowest BCUT2D eigenvalue weighted by Gasteiger charge is -2.36. The van der Waals surface area contributed by atoms with Gasteiger partial charge >= 0.3 is 0 Å². The van der Waals surface area contributed by atoms with Crippen LogP contribution in [-0.2, 0) is 19.6 Å². The van der Waals surface area contributed by atoms with E-state index in [0.717, 1.165) is 37.4 Å². The molecule has 1 saturated carbocycles. The molecule has 1 aliphatic carbocycles. The highest BCUT2D eigenvalue weighted by molar-refractivity contribution is 14.0. The van der Waals surface area contributed by atoms with Crippen LogP contribution in [0.2, 0.25) is 0 Å². The van der Waals surface area contributed by atoms with Crippen molar-refractivity contribution in [3.8, 4) is 0 Å². The number of benzene rings is 1. The van der Waals surface area contributed by atoms with Crippen LogP contribution < -0.4 is 10.6 Å². The summed E-state index contributed by atoms with van der Waals surface area (Å²) in [6.07, 6.45) is 9.77. The quantitative estimate of drug-likeness (QED) is 0.279. The van der Waals surface area contributed by atoms with Crippen LogP contribution in [0.1, 0.15) is 55.4 Å². The Balaban J connectivity index is 0.00000306. The van der Waals surface area contributed by atoms with Gasteiger partial charge in [0, 0.05) is 45.3 Å². The maximum Gasteiger partial charge on any atom is 0.191 e. The van der Waals surface area contributed by atoms with E-state index < -0.39 is 0 Å². The molecule has 2 fully saturated rings. The van der Waals surface area contributed by atoms with E-state index in [0.29, 0.717) is 6.04 Å². The SMILES string of the molecule is CN=C(NCc1ccccc1CN(C)Cc1ccco1)NC1CCN(C2CCCC2)CC1.I. The number of piperidine rings is 1. The number of likely N-dealkylation sites (tertiary alicyclic amines) is 1. The zero-order valence-corrected chi connectivity index (χ0v) is 22.5. The Hall–Kier alpha value is -1.58. The Bertz CT molecular complexity index is 842. The molecular formula is C26H40IN5O. The Labute approximate surface area is 216 Å². The van der Waals surface area contributed by atoms with Crippen LogP contribution >= 0.6 is 24.0 Å². The number of guanidine groups is 1. The lowest BCUT2D eigenvalue weighted by Crippen LogP contribution is -2.50. The van der Waals surface area contributed by atoms with E-state index in [4.69, 9.17) is 4.42 Å². The van der Waals surface area contributed by atoms with Crippen molar-refractivity contribution in [2.24, 2.45) is 4.99 Å². The summed E-state index contributed by atoms with van der Waals surface area (Å²) in [4.78, 5) is 9.49. The summed E-state index contributed by atoms with van der Waals surface area (Å²) in [5, 5.41) is 7.21. The van der Waals surface area contributed by atoms with E-state index in [1.165, 1.54) is 62.7 Å².